The van der Waals surface area contributed by atoms with E-state index in [1.807, 2.05) is 12.5 Å². The van der Waals surface area contributed by atoms with Crippen molar-refractivity contribution in [3.63, 3.8) is 0 Å². The normalized spacial score (nSPS) is 23.9. The molecule has 3 rings (SSSR count). The number of likely N-dealkylation sites (tertiary alicyclic amines) is 1. The number of nitrogens with one attached hydrogen (secondary N) is 1. The number of halogens is 1. The van der Waals surface area contributed by atoms with Crippen LogP contribution < -0.4 is 5.32 Å². The van der Waals surface area contributed by atoms with E-state index in [2.05, 4.69) is 51.8 Å². The van der Waals surface area contributed by atoms with Crippen molar-refractivity contribution in [2.45, 2.75) is 70.9 Å². The quantitative estimate of drug-likeness (QED) is 0.258. The molecular formula is C22H41IN6. The van der Waals surface area contributed by atoms with Crippen molar-refractivity contribution in [2.24, 2.45) is 10.9 Å². The zero-order valence-electron chi connectivity index (χ0n) is 18.6. The second-order valence-electron chi connectivity index (χ2n) is 8.65. The summed E-state index contributed by atoms with van der Waals surface area (Å²) >= 11 is 0. The number of guanidine groups is 1. The highest BCUT2D eigenvalue weighted by Crippen LogP contribution is 2.27. The molecule has 1 aromatic heterocycles. The number of hydrogen-bond acceptors (Lipinski definition) is 3. The summed E-state index contributed by atoms with van der Waals surface area (Å²) in [4.78, 5) is 14.2. The van der Waals surface area contributed by atoms with E-state index >= 15 is 0 Å². The molecule has 2 aliphatic rings. The van der Waals surface area contributed by atoms with Gasteiger partial charge in [0.15, 0.2) is 5.96 Å². The summed E-state index contributed by atoms with van der Waals surface area (Å²) in [6, 6.07) is 1.27. The van der Waals surface area contributed by atoms with E-state index in [1.54, 1.807) is 0 Å². The van der Waals surface area contributed by atoms with E-state index in [0.29, 0.717) is 12.0 Å². The fourth-order valence-electron chi connectivity index (χ4n) is 4.73. The Hall–Kier alpha value is -0.830. The number of aliphatic imine (C=N–C) groups is 1. The van der Waals surface area contributed by atoms with Gasteiger partial charge in [0.25, 0.3) is 0 Å². The molecule has 6 nitrogen and oxygen atoms in total. The largest absolute Gasteiger partial charge is 0.357 e. The van der Waals surface area contributed by atoms with E-state index in [0.717, 1.165) is 51.1 Å². The molecule has 1 aliphatic heterocycles. The molecule has 2 fully saturated rings. The van der Waals surface area contributed by atoms with Crippen LogP contribution in [0.5, 0.6) is 0 Å². The second-order valence-corrected chi connectivity index (χ2v) is 8.65. The maximum Gasteiger partial charge on any atom is 0.193 e. The maximum absolute atomic E-state index is 4.97. The SMILES string of the molecule is CCNC(=NCCCN(C)C1CCCCC1)N1CCC(C)C(n2ccnc2)C1.I. The van der Waals surface area contributed by atoms with Crippen LogP contribution in [0.25, 0.3) is 0 Å². The van der Waals surface area contributed by atoms with Crippen LogP contribution in [0.4, 0.5) is 0 Å². The average Bonchev–Trinajstić information content (AvgIpc) is 3.26. The third-order valence-electron chi connectivity index (χ3n) is 6.59. The van der Waals surface area contributed by atoms with Gasteiger partial charge in [-0.2, -0.15) is 0 Å². The van der Waals surface area contributed by atoms with Gasteiger partial charge in [0.05, 0.1) is 12.4 Å². The van der Waals surface area contributed by atoms with Crippen LogP contribution >= 0.6 is 24.0 Å². The van der Waals surface area contributed by atoms with Gasteiger partial charge in [-0.1, -0.05) is 26.2 Å². The van der Waals surface area contributed by atoms with Crippen LogP contribution in [-0.4, -0.2) is 71.1 Å². The third kappa shape index (κ3) is 7.12. The van der Waals surface area contributed by atoms with Crippen molar-refractivity contribution < 1.29 is 0 Å². The number of hydrogen-bond donors (Lipinski definition) is 1. The number of nitrogens with zero attached hydrogens (tertiary/aromatic N) is 5. The third-order valence-corrected chi connectivity index (χ3v) is 6.59. The van der Waals surface area contributed by atoms with Gasteiger partial charge in [-0.15, -0.1) is 24.0 Å². The lowest BCUT2D eigenvalue weighted by atomic mass is 9.93. The summed E-state index contributed by atoms with van der Waals surface area (Å²) in [6.45, 7) is 9.58. The van der Waals surface area contributed by atoms with E-state index in [-0.39, 0.29) is 24.0 Å². The molecule has 1 saturated carbocycles. The molecule has 7 heteroatoms. The molecule has 2 atom stereocenters. The van der Waals surface area contributed by atoms with Crippen LogP contribution in [-0.2, 0) is 0 Å². The first-order valence-corrected chi connectivity index (χ1v) is 11.4. The van der Waals surface area contributed by atoms with Gasteiger partial charge < -0.3 is 19.7 Å². The van der Waals surface area contributed by atoms with Gasteiger partial charge >= 0.3 is 0 Å². The summed E-state index contributed by atoms with van der Waals surface area (Å²) in [5.41, 5.74) is 0. The molecule has 166 valence electrons. The number of aromatic nitrogens is 2. The van der Waals surface area contributed by atoms with Gasteiger partial charge in [-0.05, 0) is 52.1 Å². The predicted octanol–water partition coefficient (Wildman–Crippen LogP) is 4.00. The fourth-order valence-corrected chi connectivity index (χ4v) is 4.73. The summed E-state index contributed by atoms with van der Waals surface area (Å²) in [7, 11) is 2.30. The fraction of sp³-hybridized carbons (Fsp3) is 0.818. The second kappa shape index (κ2) is 12.8. The van der Waals surface area contributed by atoms with E-state index in [4.69, 9.17) is 4.99 Å². The molecule has 0 bridgehead atoms. The molecule has 0 radical (unpaired) electrons. The Bertz CT molecular complexity index is 584. The zero-order valence-corrected chi connectivity index (χ0v) is 20.9. The Kier molecular flexibility index (Phi) is 10.8. The van der Waals surface area contributed by atoms with Gasteiger partial charge in [0.2, 0.25) is 0 Å². The topological polar surface area (TPSA) is 48.7 Å². The zero-order chi connectivity index (χ0) is 19.8. The highest BCUT2D eigenvalue weighted by molar-refractivity contribution is 14.0. The van der Waals surface area contributed by atoms with Crippen molar-refractivity contribution in [1.29, 1.82) is 0 Å². The van der Waals surface area contributed by atoms with Crippen molar-refractivity contribution in [1.82, 2.24) is 24.7 Å². The lowest BCUT2D eigenvalue weighted by Crippen LogP contribution is -2.49. The summed E-state index contributed by atoms with van der Waals surface area (Å²) in [5.74, 6) is 1.75. The van der Waals surface area contributed by atoms with Crippen molar-refractivity contribution in [3.8, 4) is 0 Å². The first kappa shape index (κ1) is 24.4. The summed E-state index contributed by atoms with van der Waals surface area (Å²) in [6.07, 6.45) is 15.3. The van der Waals surface area contributed by atoms with Crippen LogP contribution in [0.15, 0.2) is 23.7 Å². The van der Waals surface area contributed by atoms with Crippen LogP contribution in [0.3, 0.4) is 0 Å². The van der Waals surface area contributed by atoms with E-state index in [1.165, 1.54) is 38.5 Å². The van der Waals surface area contributed by atoms with Gasteiger partial charge in [-0.25, -0.2) is 4.98 Å². The molecule has 1 aliphatic carbocycles. The van der Waals surface area contributed by atoms with Crippen molar-refractivity contribution >= 4 is 29.9 Å². The highest BCUT2D eigenvalue weighted by atomic mass is 127. The molecule has 1 N–H and O–H groups in total. The molecule has 2 heterocycles. The van der Waals surface area contributed by atoms with Crippen LogP contribution in [0.2, 0.25) is 0 Å². The molecule has 0 spiro atoms. The van der Waals surface area contributed by atoms with Crippen molar-refractivity contribution in [3.05, 3.63) is 18.7 Å². The Morgan fingerprint density at radius 1 is 1.24 bits per heavy atom. The molecular weight excluding hydrogens is 475 g/mol. The van der Waals surface area contributed by atoms with E-state index in [9.17, 15) is 0 Å². The van der Waals surface area contributed by atoms with Gasteiger partial charge in [0.1, 0.15) is 0 Å². The number of rotatable bonds is 7. The molecule has 1 saturated heterocycles. The molecule has 29 heavy (non-hydrogen) atoms. The molecule has 0 amide bonds. The van der Waals surface area contributed by atoms with Gasteiger partial charge in [-0.3, -0.25) is 4.99 Å². The van der Waals surface area contributed by atoms with Gasteiger partial charge in [0, 0.05) is 44.6 Å². The lowest BCUT2D eigenvalue weighted by Gasteiger charge is -2.39. The lowest BCUT2D eigenvalue weighted by molar-refractivity contribution is 0.187. The summed E-state index contributed by atoms with van der Waals surface area (Å²) in [5, 5.41) is 3.52. The van der Waals surface area contributed by atoms with Crippen LogP contribution in [0.1, 0.15) is 64.8 Å². The Labute approximate surface area is 194 Å². The monoisotopic (exact) mass is 516 g/mol. The minimum atomic E-state index is 0. The highest BCUT2D eigenvalue weighted by Gasteiger charge is 2.28. The first-order valence-electron chi connectivity index (χ1n) is 11.4. The minimum absolute atomic E-state index is 0. The Balaban J connectivity index is 0.00000300. The Morgan fingerprint density at radius 2 is 2.03 bits per heavy atom. The van der Waals surface area contributed by atoms with Crippen LogP contribution in [0, 0.1) is 5.92 Å². The summed E-state index contributed by atoms with van der Waals surface area (Å²) < 4.78 is 2.26. The standard InChI is InChI=1S/C22H40N6.HI/c1-4-24-22(25-12-8-14-26(3)20-9-6-5-7-10-20)27-15-11-19(2)21(17-27)28-16-13-23-18-28;/h13,16,18-21H,4-12,14-15,17H2,1-3H3,(H,24,25);1H. The first-order chi connectivity index (χ1) is 13.7. The number of imidazole rings is 1. The average molecular weight is 517 g/mol. The van der Waals surface area contributed by atoms with E-state index < -0.39 is 0 Å². The molecule has 2 unspecified atom stereocenters. The molecule has 1 aromatic rings. The smallest absolute Gasteiger partial charge is 0.193 e. The minimum Gasteiger partial charge on any atom is -0.357 e. The number of piperidine rings is 1. The molecule has 0 aromatic carbocycles. The predicted molar refractivity (Wildman–Crippen MR) is 132 cm³/mol. The van der Waals surface area contributed by atoms with Crippen molar-refractivity contribution in [2.75, 3.05) is 39.8 Å². The maximum atomic E-state index is 4.97. The Morgan fingerprint density at radius 3 is 2.72 bits per heavy atom.